The van der Waals surface area contributed by atoms with Crippen LogP contribution < -0.4 is 5.32 Å². The molecule has 1 N–H and O–H groups in total. The number of rotatable bonds is 5. The van der Waals surface area contributed by atoms with Crippen LogP contribution in [0.15, 0.2) is 60.8 Å². The van der Waals surface area contributed by atoms with Gasteiger partial charge in [-0.15, -0.1) is 0 Å². The molecule has 2 aromatic heterocycles. The molecule has 3 aromatic rings. The summed E-state index contributed by atoms with van der Waals surface area (Å²) in [6, 6.07) is 15.6. The molecule has 1 unspecified atom stereocenters. The van der Waals surface area contributed by atoms with Gasteiger partial charge in [-0.05, 0) is 43.5 Å². The first-order valence-corrected chi connectivity index (χ1v) is 9.68. The van der Waals surface area contributed by atoms with Gasteiger partial charge in [0.25, 0.3) is 0 Å². The van der Waals surface area contributed by atoms with E-state index in [9.17, 15) is 4.79 Å². The summed E-state index contributed by atoms with van der Waals surface area (Å²) in [7, 11) is 0. The first-order chi connectivity index (χ1) is 14.1. The van der Waals surface area contributed by atoms with Crippen LogP contribution in [-0.2, 0) is 4.79 Å². The van der Waals surface area contributed by atoms with E-state index in [1.807, 2.05) is 73.4 Å². The van der Waals surface area contributed by atoms with Gasteiger partial charge in [0.1, 0.15) is 17.5 Å². The van der Waals surface area contributed by atoms with Crippen LogP contribution in [0.2, 0.25) is 0 Å². The fourth-order valence-electron chi connectivity index (χ4n) is 3.35. The SMILES string of the molecule is Cc1nc(Nc2ncccc2C)cc(C2CCN2C(=O)/C=C/c2ccccc2)n1. The summed E-state index contributed by atoms with van der Waals surface area (Å²) in [6.07, 6.45) is 6.12. The number of hydrogen-bond acceptors (Lipinski definition) is 5. The Balaban J connectivity index is 1.51. The molecule has 3 heterocycles. The fourth-order valence-corrected chi connectivity index (χ4v) is 3.35. The second-order valence-corrected chi connectivity index (χ2v) is 7.10. The molecule has 146 valence electrons. The first-order valence-electron chi connectivity index (χ1n) is 9.68. The summed E-state index contributed by atoms with van der Waals surface area (Å²) >= 11 is 0. The molecule has 1 aromatic carbocycles. The number of amides is 1. The fraction of sp³-hybridized carbons (Fsp3) is 0.217. The van der Waals surface area contributed by atoms with E-state index < -0.39 is 0 Å². The molecule has 1 amide bonds. The number of benzene rings is 1. The van der Waals surface area contributed by atoms with Gasteiger partial charge >= 0.3 is 0 Å². The van der Waals surface area contributed by atoms with Gasteiger partial charge in [0.15, 0.2) is 0 Å². The van der Waals surface area contributed by atoms with Crippen LogP contribution in [-0.4, -0.2) is 32.3 Å². The minimum Gasteiger partial charge on any atom is -0.330 e. The van der Waals surface area contributed by atoms with Crippen LogP contribution in [0.25, 0.3) is 6.08 Å². The third-order valence-corrected chi connectivity index (χ3v) is 4.98. The van der Waals surface area contributed by atoms with Crippen molar-refractivity contribution >= 4 is 23.6 Å². The van der Waals surface area contributed by atoms with Crippen LogP contribution >= 0.6 is 0 Å². The van der Waals surface area contributed by atoms with E-state index in [1.165, 1.54) is 0 Å². The van der Waals surface area contributed by atoms with E-state index in [-0.39, 0.29) is 11.9 Å². The number of aromatic nitrogens is 3. The lowest BCUT2D eigenvalue weighted by molar-refractivity contribution is -0.133. The lowest BCUT2D eigenvalue weighted by Crippen LogP contribution is -2.44. The maximum absolute atomic E-state index is 12.7. The van der Waals surface area contributed by atoms with Crippen LogP contribution in [0, 0.1) is 13.8 Å². The number of nitrogens with one attached hydrogen (secondary N) is 1. The standard InChI is InChI=1S/C23H23N5O/c1-16-7-6-13-24-23(16)27-21-15-19(25-17(2)26-21)20-12-14-28(20)22(29)11-10-18-8-4-3-5-9-18/h3-11,13,15,20H,12,14H2,1-2H3,(H,24,25,26,27)/b11-10+. The van der Waals surface area contributed by atoms with Crippen molar-refractivity contribution in [2.75, 3.05) is 11.9 Å². The number of carbonyl (C=O) groups is 1. The molecular weight excluding hydrogens is 362 g/mol. The maximum atomic E-state index is 12.7. The summed E-state index contributed by atoms with van der Waals surface area (Å²) in [5, 5.41) is 3.27. The van der Waals surface area contributed by atoms with Crippen LogP contribution in [0.4, 0.5) is 11.6 Å². The molecule has 0 saturated carbocycles. The molecule has 6 heteroatoms. The molecule has 0 spiro atoms. The second-order valence-electron chi connectivity index (χ2n) is 7.10. The molecule has 0 aliphatic carbocycles. The number of hydrogen-bond donors (Lipinski definition) is 1. The van der Waals surface area contributed by atoms with Gasteiger partial charge in [-0.1, -0.05) is 36.4 Å². The van der Waals surface area contributed by atoms with Crippen molar-refractivity contribution in [2.45, 2.75) is 26.3 Å². The van der Waals surface area contributed by atoms with Gasteiger partial charge in [-0.2, -0.15) is 0 Å². The van der Waals surface area contributed by atoms with E-state index in [0.29, 0.717) is 11.6 Å². The predicted octanol–water partition coefficient (Wildman–Crippen LogP) is 4.22. The molecule has 1 saturated heterocycles. The number of aryl methyl sites for hydroxylation is 2. The zero-order valence-corrected chi connectivity index (χ0v) is 16.5. The van der Waals surface area contributed by atoms with Crippen molar-refractivity contribution in [1.29, 1.82) is 0 Å². The monoisotopic (exact) mass is 385 g/mol. The van der Waals surface area contributed by atoms with E-state index in [4.69, 9.17) is 0 Å². The maximum Gasteiger partial charge on any atom is 0.247 e. The van der Waals surface area contributed by atoms with Crippen molar-refractivity contribution in [1.82, 2.24) is 19.9 Å². The molecule has 1 aliphatic heterocycles. The van der Waals surface area contributed by atoms with Crippen molar-refractivity contribution in [2.24, 2.45) is 0 Å². The summed E-state index contributed by atoms with van der Waals surface area (Å²) in [6.45, 7) is 4.59. The van der Waals surface area contributed by atoms with Gasteiger partial charge in [-0.3, -0.25) is 4.79 Å². The number of anilines is 2. The van der Waals surface area contributed by atoms with Gasteiger partial charge in [0.05, 0.1) is 11.7 Å². The Labute approximate surface area is 170 Å². The van der Waals surface area contributed by atoms with E-state index >= 15 is 0 Å². The quantitative estimate of drug-likeness (QED) is 0.666. The molecule has 1 fully saturated rings. The Morgan fingerprint density at radius 1 is 1.14 bits per heavy atom. The highest BCUT2D eigenvalue weighted by molar-refractivity contribution is 5.92. The van der Waals surface area contributed by atoms with Crippen LogP contribution in [0.5, 0.6) is 0 Å². The normalized spacial score (nSPS) is 15.9. The molecular formula is C23H23N5O. The molecule has 29 heavy (non-hydrogen) atoms. The lowest BCUT2D eigenvalue weighted by Gasteiger charge is -2.40. The minimum absolute atomic E-state index is 0.00329. The van der Waals surface area contributed by atoms with Crippen molar-refractivity contribution in [3.05, 3.63) is 83.4 Å². The number of likely N-dealkylation sites (tertiary alicyclic amines) is 1. The summed E-state index contributed by atoms with van der Waals surface area (Å²) < 4.78 is 0. The molecule has 4 rings (SSSR count). The van der Waals surface area contributed by atoms with E-state index in [2.05, 4.69) is 20.3 Å². The van der Waals surface area contributed by atoms with Gasteiger partial charge in [0.2, 0.25) is 5.91 Å². The average molecular weight is 385 g/mol. The highest BCUT2D eigenvalue weighted by atomic mass is 16.2. The number of carbonyl (C=O) groups excluding carboxylic acids is 1. The van der Waals surface area contributed by atoms with Gasteiger partial charge < -0.3 is 10.2 Å². The van der Waals surface area contributed by atoms with Crippen LogP contribution in [0.3, 0.4) is 0 Å². The Kier molecular flexibility index (Phi) is 5.33. The third-order valence-electron chi connectivity index (χ3n) is 4.98. The largest absolute Gasteiger partial charge is 0.330 e. The summed E-state index contributed by atoms with van der Waals surface area (Å²) in [4.78, 5) is 27.9. The summed E-state index contributed by atoms with van der Waals surface area (Å²) in [5.74, 6) is 2.12. The third kappa shape index (κ3) is 4.32. The van der Waals surface area contributed by atoms with E-state index in [0.717, 1.165) is 35.6 Å². The van der Waals surface area contributed by atoms with Crippen molar-refractivity contribution < 1.29 is 4.79 Å². The van der Waals surface area contributed by atoms with Gasteiger partial charge in [0, 0.05) is 24.9 Å². The minimum atomic E-state index is -0.0324. The lowest BCUT2D eigenvalue weighted by atomic mass is 9.98. The molecule has 0 radical (unpaired) electrons. The Hall–Kier alpha value is -3.54. The number of pyridine rings is 1. The van der Waals surface area contributed by atoms with Gasteiger partial charge in [-0.25, -0.2) is 15.0 Å². The summed E-state index contributed by atoms with van der Waals surface area (Å²) in [5.41, 5.74) is 2.89. The Morgan fingerprint density at radius 2 is 1.97 bits per heavy atom. The smallest absolute Gasteiger partial charge is 0.247 e. The Bertz CT molecular complexity index is 1050. The topological polar surface area (TPSA) is 71.0 Å². The highest BCUT2D eigenvalue weighted by Gasteiger charge is 2.33. The average Bonchev–Trinajstić information content (AvgIpc) is 2.68. The molecule has 0 bridgehead atoms. The Morgan fingerprint density at radius 3 is 2.69 bits per heavy atom. The number of nitrogens with zero attached hydrogens (tertiary/aromatic N) is 4. The molecule has 1 atom stereocenters. The molecule has 1 aliphatic rings. The predicted molar refractivity (Wildman–Crippen MR) is 114 cm³/mol. The van der Waals surface area contributed by atoms with E-state index in [1.54, 1.807) is 12.3 Å². The first kappa shape index (κ1) is 18.8. The second kappa shape index (κ2) is 8.22. The zero-order valence-electron chi connectivity index (χ0n) is 16.5. The van der Waals surface area contributed by atoms with Crippen molar-refractivity contribution in [3.8, 4) is 0 Å². The highest BCUT2D eigenvalue weighted by Crippen LogP contribution is 2.33. The van der Waals surface area contributed by atoms with Crippen molar-refractivity contribution in [3.63, 3.8) is 0 Å². The zero-order chi connectivity index (χ0) is 20.2. The molecule has 6 nitrogen and oxygen atoms in total. The van der Waals surface area contributed by atoms with Crippen LogP contribution in [0.1, 0.15) is 35.1 Å².